The van der Waals surface area contributed by atoms with E-state index in [4.69, 9.17) is 0 Å². The third-order valence-electron chi connectivity index (χ3n) is 5.04. The molecule has 1 heterocycles. The standard InChI is InChI=1S/C21H27N3O3S/c1-23(28(2,26)27)20-10-8-19(9-11-20)21(25)22-15-17-6-5-7-18(14-17)16-24-12-3-4-13-24/h5-11,14H,3-4,12-13,15-16H2,1-2H3,(H,22,25). The van der Waals surface area contributed by atoms with Gasteiger partial charge in [0.2, 0.25) is 10.0 Å². The van der Waals surface area contributed by atoms with Gasteiger partial charge in [-0.1, -0.05) is 24.3 Å². The number of sulfonamides is 1. The first-order chi connectivity index (χ1) is 13.3. The molecule has 2 aromatic rings. The van der Waals surface area contributed by atoms with E-state index in [0.29, 0.717) is 17.8 Å². The maximum Gasteiger partial charge on any atom is 0.251 e. The van der Waals surface area contributed by atoms with Gasteiger partial charge in [0.05, 0.1) is 11.9 Å². The molecule has 1 aliphatic rings. The van der Waals surface area contributed by atoms with Gasteiger partial charge in [0, 0.05) is 25.7 Å². The van der Waals surface area contributed by atoms with Gasteiger partial charge in [-0.3, -0.25) is 14.0 Å². The zero-order valence-electron chi connectivity index (χ0n) is 16.4. The molecule has 0 aromatic heterocycles. The largest absolute Gasteiger partial charge is 0.348 e. The zero-order valence-corrected chi connectivity index (χ0v) is 17.2. The highest BCUT2D eigenvalue weighted by molar-refractivity contribution is 7.92. The van der Waals surface area contributed by atoms with E-state index in [1.807, 2.05) is 12.1 Å². The van der Waals surface area contributed by atoms with Crippen molar-refractivity contribution in [1.82, 2.24) is 10.2 Å². The van der Waals surface area contributed by atoms with Crippen LogP contribution >= 0.6 is 0 Å². The zero-order chi connectivity index (χ0) is 20.1. The number of nitrogens with one attached hydrogen (secondary N) is 1. The van der Waals surface area contributed by atoms with Gasteiger partial charge in [0.25, 0.3) is 5.91 Å². The maximum atomic E-state index is 12.4. The van der Waals surface area contributed by atoms with Crippen LogP contribution in [0, 0.1) is 0 Å². The van der Waals surface area contributed by atoms with Gasteiger partial charge in [0.1, 0.15) is 0 Å². The van der Waals surface area contributed by atoms with Crippen LogP contribution in [0.25, 0.3) is 0 Å². The molecule has 1 amide bonds. The highest BCUT2D eigenvalue weighted by atomic mass is 32.2. The third-order valence-corrected chi connectivity index (χ3v) is 6.25. The molecular weight excluding hydrogens is 374 g/mol. The summed E-state index contributed by atoms with van der Waals surface area (Å²) in [5.41, 5.74) is 3.35. The lowest BCUT2D eigenvalue weighted by molar-refractivity contribution is 0.0951. The van der Waals surface area contributed by atoms with Crippen molar-refractivity contribution in [1.29, 1.82) is 0 Å². The summed E-state index contributed by atoms with van der Waals surface area (Å²) in [4.78, 5) is 14.9. The smallest absolute Gasteiger partial charge is 0.251 e. The summed E-state index contributed by atoms with van der Waals surface area (Å²) >= 11 is 0. The predicted octanol–water partition coefficient (Wildman–Crippen LogP) is 2.61. The minimum absolute atomic E-state index is 0.182. The molecule has 3 rings (SSSR count). The summed E-state index contributed by atoms with van der Waals surface area (Å²) in [7, 11) is -1.83. The quantitative estimate of drug-likeness (QED) is 0.774. The second-order valence-electron chi connectivity index (χ2n) is 7.26. The Balaban J connectivity index is 1.58. The van der Waals surface area contributed by atoms with E-state index in [9.17, 15) is 13.2 Å². The number of carbonyl (C=O) groups excluding carboxylic acids is 1. The molecule has 6 nitrogen and oxygen atoms in total. The number of carbonyl (C=O) groups is 1. The van der Waals surface area contributed by atoms with Crippen molar-refractivity contribution in [3.8, 4) is 0 Å². The molecule has 0 radical (unpaired) electrons. The lowest BCUT2D eigenvalue weighted by atomic mass is 10.1. The Kier molecular flexibility index (Phi) is 6.36. The van der Waals surface area contributed by atoms with Crippen LogP contribution in [0.4, 0.5) is 5.69 Å². The molecule has 0 spiro atoms. The van der Waals surface area contributed by atoms with Crippen LogP contribution in [0.1, 0.15) is 34.3 Å². The Hall–Kier alpha value is -2.38. The molecule has 2 aromatic carbocycles. The van der Waals surface area contributed by atoms with Crippen molar-refractivity contribution < 1.29 is 13.2 Å². The summed E-state index contributed by atoms with van der Waals surface area (Å²) in [5, 5.41) is 2.93. The van der Waals surface area contributed by atoms with Crippen molar-refractivity contribution >= 4 is 21.6 Å². The number of amides is 1. The molecule has 0 atom stereocenters. The Bertz CT molecular complexity index is 920. The fourth-order valence-corrected chi connectivity index (χ4v) is 3.84. The number of hydrogen-bond acceptors (Lipinski definition) is 4. The van der Waals surface area contributed by atoms with Crippen molar-refractivity contribution in [2.24, 2.45) is 0 Å². The SMILES string of the molecule is CN(c1ccc(C(=O)NCc2cccc(CN3CCCC3)c2)cc1)S(C)(=O)=O. The molecule has 1 fully saturated rings. The first-order valence-electron chi connectivity index (χ1n) is 9.45. The van der Waals surface area contributed by atoms with E-state index >= 15 is 0 Å². The molecule has 1 saturated heterocycles. The number of benzene rings is 2. The van der Waals surface area contributed by atoms with Crippen LogP contribution < -0.4 is 9.62 Å². The van der Waals surface area contributed by atoms with E-state index in [0.717, 1.165) is 31.5 Å². The Labute approximate surface area is 167 Å². The fourth-order valence-electron chi connectivity index (χ4n) is 3.34. The average molecular weight is 402 g/mol. The first kappa shape index (κ1) is 20.4. The predicted molar refractivity (Wildman–Crippen MR) is 112 cm³/mol. The van der Waals surface area contributed by atoms with Gasteiger partial charge in [0.15, 0.2) is 0 Å². The first-order valence-corrected chi connectivity index (χ1v) is 11.3. The van der Waals surface area contributed by atoms with E-state index in [1.165, 1.54) is 29.8 Å². The number of nitrogens with zero attached hydrogens (tertiary/aromatic N) is 2. The monoisotopic (exact) mass is 401 g/mol. The van der Waals surface area contributed by atoms with Gasteiger partial charge in [-0.05, 0) is 61.3 Å². The van der Waals surface area contributed by atoms with Gasteiger partial charge >= 0.3 is 0 Å². The lowest BCUT2D eigenvalue weighted by Gasteiger charge is -2.17. The van der Waals surface area contributed by atoms with Gasteiger partial charge in [-0.15, -0.1) is 0 Å². The van der Waals surface area contributed by atoms with Crippen molar-refractivity contribution in [3.63, 3.8) is 0 Å². The number of anilines is 1. The van der Waals surface area contributed by atoms with E-state index < -0.39 is 10.0 Å². The Morgan fingerprint density at radius 2 is 1.71 bits per heavy atom. The number of likely N-dealkylation sites (tertiary alicyclic amines) is 1. The van der Waals surface area contributed by atoms with Crippen LogP contribution in [0.2, 0.25) is 0 Å². The number of hydrogen-bond donors (Lipinski definition) is 1. The molecule has 0 saturated carbocycles. The molecular formula is C21H27N3O3S. The van der Waals surface area contributed by atoms with Crippen LogP contribution in [-0.2, 0) is 23.1 Å². The van der Waals surface area contributed by atoms with Gasteiger partial charge < -0.3 is 5.32 Å². The summed E-state index contributed by atoms with van der Waals surface area (Å²) in [6, 6.07) is 14.8. The van der Waals surface area contributed by atoms with Crippen LogP contribution in [0.3, 0.4) is 0 Å². The molecule has 7 heteroatoms. The molecule has 150 valence electrons. The summed E-state index contributed by atoms with van der Waals surface area (Å²) in [6.07, 6.45) is 3.69. The molecule has 1 N–H and O–H groups in total. The summed E-state index contributed by atoms with van der Waals surface area (Å²) in [6.45, 7) is 3.73. The molecule has 0 aliphatic carbocycles. The molecule has 28 heavy (non-hydrogen) atoms. The lowest BCUT2D eigenvalue weighted by Crippen LogP contribution is -2.25. The topological polar surface area (TPSA) is 69.7 Å². The third kappa shape index (κ3) is 5.33. The molecule has 1 aliphatic heterocycles. The van der Waals surface area contributed by atoms with Gasteiger partial charge in [-0.2, -0.15) is 0 Å². The highest BCUT2D eigenvalue weighted by Crippen LogP contribution is 2.17. The van der Waals surface area contributed by atoms with Gasteiger partial charge in [-0.25, -0.2) is 8.42 Å². The second-order valence-corrected chi connectivity index (χ2v) is 9.28. The molecule has 0 bridgehead atoms. The second kappa shape index (κ2) is 8.75. The van der Waals surface area contributed by atoms with E-state index in [-0.39, 0.29) is 5.91 Å². The van der Waals surface area contributed by atoms with E-state index in [2.05, 4.69) is 22.3 Å². The van der Waals surface area contributed by atoms with E-state index in [1.54, 1.807) is 24.3 Å². The van der Waals surface area contributed by atoms with Crippen molar-refractivity contribution in [3.05, 3.63) is 65.2 Å². The summed E-state index contributed by atoms with van der Waals surface area (Å²) in [5.74, 6) is -0.182. The minimum Gasteiger partial charge on any atom is -0.348 e. The van der Waals surface area contributed by atoms with Crippen LogP contribution in [0.15, 0.2) is 48.5 Å². The Morgan fingerprint density at radius 1 is 1.07 bits per heavy atom. The van der Waals surface area contributed by atoms with Crippen molar-refractivity contribution in [2.45, 2.75) is 25.9 Å². The fraction of sp³-hybridized carbons (Fsp3) is 0.381. The highest BCUT2D eigenvalue weighted by Gasteiger charge is 2.14. The van der Waals surface area contributed by atoms with Crippen LogP contribution in [-0.4, -0.2) is 45.6 Å². The Morgan fingerprint density at radius 3 is 2.36 bits per heavy atom. The normalized spacial score (nSPS) is 14.8. The van der Waals surface area contributed by atoms with Crippen molar-refractivity contribution in [2.75, 3.05) is 30.7 Å². The van der Waals surface area contributed by atoms with Crippen LogP contribution in [0.5, 0.6) is 0 Å². The number of rotatable bonds is 7. The minimum atomic E-state index is -3.32. The molecule has 0 unspecified atom stereocenters. The maximum absolute atomic E-state index is 12.4. The summed E-state index contributed by atoms with van der Waals surface area (Å²) < 4.78 is 24.4. The average Bonchev–Trinajstić information content (AvgIpc) is 3.18.